The molecule has 2 rings (SSSR count). The highest BCUT2D eigenvalue weighted by Crippen LogP contribution is 2.38. The van der Waals surface area contributed by atoms with Crippen molar-refractivity contribution in [3.63, 3.8) is 0 Å². The van der Waals surface area contributed by atoms with Crippen molar-refractivity contribution >= 4 is 17.7 Å². The summed E-state index contributed by atoms with van der Waals surface area (Å²) in [6.45, 7) is 0.592. The number of piperidine rings is 1. The number of hydrogen-bond acceptors (Lipinski definition) is 4. The van der Waals surface area contributed by atoms with Crippen LogP contribution in [0.15, 0.2) is 12.1 Å². The smallest absolute Gasteiger partial charge is 0.421 e. The summed E-state index contributed by atoms with van der Waals surface area (Å²) in [6.07, 6.45) is -6.74. The van der Waals surface area contributed by atoms with Gasteiger partial charge in [-0.15, -0.1) is 0 Å². The molecular formula is C17H19F5N2O4. The van der Waals surface area contributed by atoms with Gasteiger partial charge in [-0.05, 0) is 19.1 Å². The van der Waals surface area contributed by atoms with E-state index in [0.29, 0.717) is 6.07 Å². The van der Waals surface area contributed by atoms with Crippen LogP contribution in [-0.4, -0.2) is 54.0 Å². The number of amides is 1. The minimum Gasteiger partial charge on any atom is -0.465 e. The third-order valence-corrected chi connectivity index (χ3v) is 4.41. The Morgan fingerprint density at radius 2 is 1.89 bits per heavy atom. The monoisotopic (exact) mass is 410 g/mol. The highest BCUT2D eigenvalue weighted by molar-refractivity contribution is 5.91. The van der Waals surface area contributed by atoms with Crippen LogP contribution in [0.2, 0.25) is 0 Å². The minimum absolute atomic E-state index is 0.0576. The Labute approximate surface area is 157 Å². The first-order chi connectivity index (χ1) is 13.0. The Morgan fingerprint density at radius 3 is 2.39 bits per heavy atom. The number of esters is 1. The Kier molecular flexibility index (Phi) is 6.35. The number of anilines is 1. The molecule has 1 heterocycles. The first-order valence-corrected chi connectivity index (χ1v) is 8.45. The van der Waals surface area contributed by atoms with E-state index in [1.807, 2.05) is 0 Å². The number of nitrogens with one attached hydrogen (secondary N) is 1. The number of carbonyl (C=O) groups is 2. The zero-order valence-electron chi connectivity index (χ0n) is 14.9. The van der Waals surface area contributed by atoms with Crippen LogP contribution in [0.25, 0.3) is 0 Å². The average Bonchev–Trinajstić information content (AvgIpc) is 2.59. The molecule has 0 bridgehead atoms. The number of rotatable bonds is 5. The second kappa shape index (κ2) is 8.19. The molecule has 0 saturated carbocycles. The molecule has 0 aliphatic carbocycles. The van der Waals surface area contributed by atoms with E-state index in [9.17, 15) is 31.5 Å². The fourth-order valence-corrected chi connectivity index (χ4v) is 2.90. The lowest BCUT2D eigenvalue weighted by Gasteiger charge is -2.35. The zero-order chi connectivity index (χ0) is 21.1. The molecule has 2 N–H and O–H groups in total. The maximum absolute atomic E-state index is 14.9. The molecule has 0 radical (unpaired) electrons. The van der Waals surface area contributed by atoms with Crippen LogP contribution in [0.1, 0.15) is 35.7 Å². The molecular weight excluding hydrogens is 391 g/mol. The standard InChI is InChI=1S/C17H19F5N2O4/c1-2-28-14(25)10-7-11(18)13(17(20,21)22)12(8-10)23-9-16(19)3-5-24(6-4-16)15(26)27/h7-8,23H,2-6,9H2,1H3,(H,26,27). The van der Waals surface area contributed by atoms with Gasteiger partial charge in [-0.1, -0.05) is 0 Å². The molecule has 156 valence electrons. The van der Waals surface area contributed by atoms with Crippen molar-refractivity contribution < 1.29 is 41.4 Å². The summed E-state index contributed by atoms with van der Waals surface area (Å²) >= 11 is 0. The molecule has 1 saturated heterocycles. The minimum atomic E-state index is -5.07. The Balaban J connectivity index is 2.25. The molecule has 11 heteroatoms. The van der Waals surface area contributed by atoms with Crippen molar-refractivity contribution in [1.29, 1.82) is 0 Å². The van der Waals surface area contributed by atoms with Crippen molar-refractivity contribution in [2.24, 2.45) is 0 Å². The predicted octanol–water partition coefficient (Wildman–Crippen LogP) is 3.92. The van der Waals surface area contributed by atoms with Crippen molar-refractivity contribution in [1.82, 2.24) is 4.90 Å². The number of carboxylic acid groups (broad SMARTS) is 1. The number of nitrogens with zero attached hydrogens (tertiary/aromatic N) is 1. The van der Waals surface area contributed by atoms with Crippen molar-refractivity contribution in [2.45, 2.75) is 31.6 Å². The third kappa shape index (κ3) is 5.02. The van der Waals surface area contributed by atoms with Gasteiger partial charge in [0, 0.05) is 32.5 Å². The van der Waals surface area contributed by atoms with Crippen LogP contribution < -0.4 is 5.32 Å². The van der Waals surface area contributed by atoms with E-state index in [1.165, 1.54) is 6.92 Å². The van der Waals surface area contributed by atoms with Crippen LogP contribution in [-0.2, 0) is 10.9 Å². The van der Waals surface area contributed by atoms with Gasteiger partial charge in [0.1, 0.15) is 17.0 Å². The molecule has 1 fully saturated rings. The summed E-state index contributed by atoms with van der Waals surface area (Å²) in [5, 5.41) is 11.1. The number of likely N-dealkylation sites (tertiary alicyclic amines) is 1. The summed E-state index contributed by atoms with van der Waals surface area (Å²) < 4.78 is 73.3. The second-order valence-electron chi connectivity index (χ2n) is 6.37. The van der Waals surface area contributed by atoms with Gasteiger partial charge < -0.3 is 20.1 Å². The highest BCUT2D eigenvalue weighted by atomic mass is 19.4. The van der Waals surface area contributed by atoms with Crippen molar-refractivity contribution in [2.75, 3.05) is 31.6 Å². The first-order valence-electron chi connectivity index (χ1n) is 8.45. The summed E-state index contributed by atoms with van der Waals surface area (Å²) in [4.78, 5) is 23.6. The Morgan fingerprint density at radius 1 is 1.29 bits per heavy atom. The lowest BCUT2D eigenvalue weighted by molar-refractivity contribution is -0.139. The fourth-order valence-electron chi connectivity index (χ4n) is 2.90. The summed E-state index contributed by atoms with van der Waals surface area (Å²) in [6, 6.07) is 1.18. The van der Waals surface area contributed by atoms with Crippen molar-refractivity contribution in [3.8, 4) is 0 Å². The van der Waals surface area contributed by atoms with E-state index in [0.717, 1.165) is 11.0 Å². The van der Waals surface area contributed by atoms with Gasteiger partial charge >= 0.3 is 18.2 Å². The summed E-state index contributed by atoms with van der Waals surface area (Å²) in [5.41, 5.74) is -4.85. The number of benzene rings is 1. The van der Waals surface area contributed by atoms with E-state index in [1.54, 1.807) is 0 Å². The van der Waals surface area contributed by atoms with E-state index in [-0.39, 0.29) is 32.5 Å². The third-order valence-electron chi connectivity index (χ3n) is 4.41. The largest absolute Gasteiger partial charge is 0.465 e. The van der Waals surface area contributed by atoms with Gasteiger partial charge in [0.05, 0.1) is 17.9 Å². The molecule has 0 spiro atoms. The SMILES string of the molecule is CCOC(=O)c1cc(F)c(C(F)(F)F)c(NCC2(F)CCN(C(=O)O)CC2)c1. The Hall–Kier alpha value is -2.59. The molecule has 28 heavy (non-hydrogen) atoms. The van der Waals surface area contributed by atoms with Crippen LogP contribution >= 0.6 is 0 Å². The molecule has 1 aromatic carbocycles. The van der Waals surface area contributed by atoms with Gasteiger partial charge in [0.15, 0.2) is 0 Å². The average molecular weight is 410 g/mol. The zero-order valence-corrected chi connectivity index (χ0v) is 14.9. The number of hydrogen-bond donors (Lipinski definition) is 2. The van der Waals surface area contributed by atoms with Gasteiger partial charge in [0.2, 0.25) is 0 Å². The van der Waals surface area contributed by atoms with Gasteiger partial charge in [-0.3, -0.25) is 0 Å². The number of alkyl halides is 4. The molecule has 6 nitrogen and oxygen atoms in total. The molecule has 0 aromatic heterocycles. The normalized spacial score (nSPS) is 16.6. The number of carbonyl (C=O) groups excluding carboxylic acids is 1. The first kappa shape index (κ1) is 21.7. The topological polar surface area (TPSA) is 78.9 Å². The van der Waals surface area contributed by atoms with Gasteiger partial charge in [0.25, 0.3) is 0 Å². The second-order valence-corrected chi connectivity index (χ2v) is 6.37. The number of ether oxygens (including phenoxy) is 1. The lowest BCUT2D eigenvalue weighted by atomic mass is 9.93. The van der Waals surface area contributed by atoms with E-state index in [2.05, 4.69) is 10.1 Å². The Bertz CT molecular complexity index is 746. The highest BCUT2D eigenvalue weighted by Gasteiger charge is 2.40. The van der Waals surface area contributed by atoms with Crippen LogP contribution in [0.4, 0.5) is 32.4 Å². The van der Waals surface area contributed by atoms with Crippen LogP contribution in [0.3, 0.4) is 0 Å². The molecule has 1 aliphatic rings. The number of halogens is 5. The lowest BCUT2D eigenvalue weighted by Crippen LogP contribution is -2.47. The van der Waals surface area contributed by atoms with Crippen LogP contribution in [0, 0.1) is 5.82 Å². The van der Waals surface area contributed by atoms with Crippen LogP contribution in [0.5, 0.6) is 0 Å². The maximum atomic E-state index is 14.9. The molecule has 1 aliphatic heterocycles. The summed E-state index contributed by atoms with van der Waals surface area (Å²) in [5.74, 6) is -2.70. The molecule has 1 aromatic rings. The predicted molar refractivity (Wildman–Crippen MR) is 88.5 cm³/mol. The fraction of sp³-hybridized carbons (Fsp3) is 0.529. The van der Waals surface area contributed by atoms with E-state index < -0.39 is 53.1 Å². The van der Waals surface area contributed by atoms with Gasteiger partial charge in [-0.2, -0.15) is 13.2 Å². The van der Waals surface area contributed by atoms with E-state index in [4.69, 9.17) is 5.11 Å². The summed E-state index contributed by atoms with van der Waals surface area (Å²) in [7, 11) is 0. The quantitative estimate of drug-likeness (QED) is 0.568. The molecule has 0 atom stereocenters. The molecule has 0 unspecified atom stereocenters. The van der Waals surface area contributed by atoms with Gasteiger partial charge in [-0.25, -0.2) is 18.4 Å². The van der Waals surface area contributed by atoms with Crippen molar-refractivity contribution in [3.05, 3.63) is 29.1 Å². The van der Waals surface area contributed by atoms with E-state index >= 15 is 0 Å². The maximum Gasteiger partial charge on any atom is 0.421 e. The molecule has 1 amide bonds.